The van der Waals surface area contributed by atoms with Gasteiger partial charge in [0, 0.05) is 18.8 Å². The maximum atomic E-state index is 12.5. The van der Waals surface area contributed by atoms with Crippen LogP contribution in [0.2, 0.25) is 0 Å². The van der Waals surface area contributed by atoms with Gasteiger partial charge in [0.15, 0.2) is 0 Å². The van der Waals surface area contributed by atoms with Crippen LogP contribution in [0.15, 0.2) is 73.1 Å². The van der Waals surface area contributed by atoms with E-state index >= 15 is 0 Å². The second-order valence-electron chi connectivity index (χ2n) is 6.12. The van der Waals surface area contributed by atoms with E-state index in [0.29, 0.717) is 18.5 Å². The van der Waals surface area contributed by atoms with Crippen LogP contribution < -0.4 is 5.32 Å². The van der Waals surface area contributed by atoms with E-state index in [9.17, 15) is 18.0 Å². The van der Waals surface area contributed by atoms with Crippen LogP contribution in [0, 0.1) is 0 Å². The summed E-state index contributed by atoms with van der Waals surface area (Å²) in [6.07, 6.45) is 2.68. The second-order valence-corrected chi connectivity index (χ2v) is 6.12. The normalized spacial score (nSPS) is 11.7. The van der Waals surface area contributed by atoms with Gasteiger partial charge in [-0.2, -0.15) is 18.3 Å². The summed E-state index contributed by atoms with van der Waals surface area (Å²) in [7, 11) is 0. The first-order valence-electron chi connectivity index (χ1n) is 8.64. The Labute approximate surface area is 160 Å². The van der Waals surface area contributed by atoms with E-state index in [4.69, 9.17) is 0 Å². The number of halogens is 3. The first-order chi connectivity index (χ1) is 13.4. The Morgan fingerprint density at radius 2 is 1.79 bits per heavy atom. The van der Waals surface area contributed by atoms with Gasteiger partial charge in [0.1, 0.15) is 0 Å². The van der Waals surface area contributed by atoms with Gasteiger partial charge in [-0.25, -0.2) is 4.68 Å². The number of amides is 1. The zero-order chi connectivity index (χ0) is 20.0. The van der Waals surface area contributed by atoms with Crippen molar-refractivity contribution in [3.63, 3.8) is 0 Å². The Kier molecular flexibility index (Phi) is 5.93. The minimum Gasteiger partial charge on any atom is -0.352 e. The van der Waals surface area contributed by atoms with Gasteiger partial charge in [0.05, 0.1) is 17.4 Å². The van der Waals surface area contributed by atoms with Gasteiger partial charge >= 0.3 is 6.18 Å². The van der Waals surface area contributed by atoms with Crippen molar-refractivity contribution in [1.29, 1.82) is 0 Å². The molecule has 1 aromatic heterocycles. The quantitative estimate of drug-likeness (QED) is 0.645. The second kappa shape index (κ2) is 8.56. The SMILES string of the molecule is O=C(/C=C/c1ccc(C(F)(F)F)cc1)NCCc1cnn(-c2ccccc2)c1. The predicted octanol–water partition coefficient (Wildman–Crippen LogP) is 4.26. The molecule has 1 amide bonds. The number of hydrogen-bond acceptors (Lipinski definition) is 2. The molecule has 2 aromatic carbocycles. The highest BCUT2D eigenvalue weighted by atomic mass is 19.4. The number of carbonyl (C=O) groups is 1. The molecular formula is C21H18F3N3O. The van der Waals surface area contributed by atoms with Crippen LogP contribution in [0.5, 0.6) is 0 Å². The number of carbonyl (C=O) groups excluding carboxylic acids is 1. The summed E-state index contributed by atoms with van der Waals surface area (Å²) < 4.78 is 39.3. The van der Waals surface area contributed by atoms with Crippen LogP contribution >= 0.6 is 0 Å². The fourth-order valence-corrected chi connectivity index (χ4v) is 2.56. The van der Waals surface area contributed by atoms with Gasteiger partial charge in [0.2, 0.25) is 5.91 Å². The molecule has 0 aliphatic carbocycles. The molecule has 0 unspecified atom stereocenters. The summed E-state index contributed by atoms with van der Waals surface area (Å²) >= 11 is 0. The lowest BCUT2D eigenvalue weighted by Crippen LogP contribution is -2.23. The number of para-hydroxylation sites is 1. The molecule has 1 N–H and O–H groups in total. The number of rotatable bonds is 6. The Bertz CT molecular complexity index is 945. The van der Waals surface area contributed by atoms with E-state index < -0.39 is 11.7 Å². The molecule has 28 heavy (non-hydrogen) atoms. The predicted molar refractivity (Wildman–Crippen MR) is 101 cm³/mol. The topological polar surface area (TPSA) is 46.9 Å². The van der Waals surface area contributed by atoms with E-state index in [2.05, 4.69) is 10.4 Å². The molecule has 3 aromatic rings. The first kappa shape index (κ1) is 19.4. The van der Waals surface area contributed by atoms with Crippen LogP contribution in [-0.2, 0) is 17.4 Å². The van der Waals surface area contributed by atoms with Gasteiger partial charge < -0.3 is 5.32 Å². The lowest BCUT2D eigenvalue weighted by atomic mass is 10.1. The fourth-order valence-electron chi connectivity index (χ4n) is 2.56. The third kappa shape index (κ3) is 5.33. The van der Waals surface area contributed by atoms with Gasteiger partial charge in [-0.1, -0.05) is 30.3 Å². The fraction of sp³-hybridized carbons (Fsp3) is 0.143. The smallest absolute Gasteiger partial charge is 0.352 e. The summed E-state index contributed by atoms with van der Waals surface area (Å²) in [5.74, 6) is -0.310. The minimum atomic E-state index is -4.37. The lowest BCUT2D eigenvalue weighted by molar-refractivity contribution is -0.137. The number of hydrogen-bond donors (Lipinski definition) is 1. The maximum absolute atomic E-state index is 12.5. The highest BCUT2D eigenvalue weighted by Crippen LogP contribution is 2.29. The maximum Gasteiger partial charge on any atom is 0.416 e. The molecule has 0 aliphatic heterocycles. The third-order valence-corrected chi connectivity index (χ3v) is 4.03. The highest BCUT2D eigenvalue weighted by molar-refractivity contribution is 5.91. The summed E-state index contributed by atoms with van der Waals surface area (Å²) in [5, 5.41) is 7.04. The monoisotopic (exact) mass is 385 g/mol. The lowest BCUT2D eigenvalue weighted by Gasteiger charge is -2.05. The van der Waals surface area contributed by atoms with Crippen molar-refractivity contribution in [3.05, 3.63) is 89.8 Å². The van der Waals surface area contributed by atoms with Gasteiger partial charge in [-0.15, -0.1) is 0 Å². The van der Waals surface area contributed by atoms with Crippen LogP contribution in [0.3, 0.4) is 0 Å². The molecule has 4 nitrogen and oxygen atoms in total. The zero-order valence-corrected chi connectivity index (χ0v) is 14.9. The third-order valence-electron chi connectivity index (χ3n) is 4.03. The molecule has 0 saturated carbocycles. The summed E-state index contributed by atoms with van der Waals surface area (Å²) in [4.78, 5) is 11.9. The van der Waals surface area contributed by atoms with E-state index in [-0.39, 0.29) is 5.91 Å². The molecule has 0 spiro atoms. The zero-order valence-electron chi connectivity index (χ0n) is 14.9. The molecule has 0 saturated heterocycles. The molecule has 3 rings (SSSR count). The van der Waals surface area contributed by atoms with Crippen molar-refractivity contribution in [3.8, 4) is 5.69 Å². The average molecular weight is 385 g/mol. The van der Waals surface area contributed by atoms with E-state index in [1.54, 1.807) is 10.9 Å². The van der Waals surface area contributed by atoms with Crippen molar-refractivity contribution < 1.29 is 18.0 Å². The van der Waals surface area contributed by atoms with Gasteiger partial charge in [0.25, 0.3) is 0 Å². The number of nitrogens with one attached hydrogen (secondary N) is 1. The molecule has 144 valence electrons. The molecule has 0 radical (unpaired) electrons. The largest absolute Gasteiger partial charge is 0.416 e. The van der Waals surface area contributed by atoms with E-state index in [1.165, 1.54) is 24.3 Å². The Morgan fingerprint density at radius 1 is 1.07 bits per heavy atom. The van der Waals surface area contributed by atoms with E-state index in [0.717, 1.165) is 23.4 Å². The van der Waals surface area contributed by atoms with Gasteiger partial charge in [-0.3, -0.25) is 4.79 Å². The standard InChI is InChI=1S/C21H18F3N3O/c22-21(23,24)18-9-6-16(7-10-18)8-11-20(28)25-13-12-17-14-26-27(15-17)19-4-2-1-3-5-19/h1-11,14-15H,12-13H2,(H,25,28)/b11-8+. The molecule has 0 atom stereocenters. The summed E-state index contributed by atoms with van der Waals surface area (Å²) in [6, 6.07) is 14.3. The van der Waals surface area contributed by atoms with Crippen LogP contribution in [0.4, 0.5) is 13.2 Å². The molecule has 7 heteroatoms. The first-order valence-corrected chi connectivity index (χ1v) is 8.64. The molecular weight excluding hydrogens is 367 g/mol. The average Bonchev–Trinajstić information content (AvgIpc) is 3.16. The Balaban J connectivity index is 1.47. The van der Waals surface area contributed by atoms with Crippen molar-refractivity contribution in [2.45, 2.75) is 12.6 Å². The summed E-state index contributed by atoms with van der Waals surface area (Å²) in [5.41, 5.74) is 1.74. The molecule has 0 aliphatic rings. The number of nitrogens with zero attached hydrogens (tertiary/aromatic N) is 2. The van der Waals surface area contributed by atoms with Crippen molar-refractivity contribution in [2.75, 3.05) is 6.54 Å². The molecule has 1 heterocycles. The van der Waals surface area contributed by atoms with Crippen LogP contribution in [-0.4, -0.2) is 22.2 Å². The molecule has 0 bridgehead atoms. The van der Waals surface area contributed by atoms with Crippen molar-refractivity contribution in [2.24, 2.45) is 0 Å². The minimum absolute atomic E-state index is 0.310. The number of benzene rings is 2. The molecule has 0 fully saturated rings. The van der Waals surface area contributed by atoms with Gasteiger partial charge in [-0.05, 0) is 47.9 Å². The van der Waals surface area contributed by atoms with Crippen LogP contribution in [0.25, 0.3) is 11.8 Å². The number of alkyl halides is 3. The Morgan fingerprint density at radius 3 is 2.46 bits per heavy atom. The van der Waals surface area contributed by atoms with Crippen molar-refractivity contribution in [1.82, 2.24) is 15.1 Å². The van der Waals surface area contributed by atoms with Crippen molar-refractivity contribution >= 4 is 12.0 Å². The number of aromatic nitrogens is 2. The Hall–Kier alpha value is -3.35. The summed E-state index contributed by atoms with van der Waals surface area (Å²) in [6.45, 7) is 0.427. The van der Waals surface area contributed by atoms with Crippen LogP contribution in [0.1, 0.15) is 16.7 Å². The highest BCUT2D eigenvalue weighted by Gasteiger charge is 2.29. The van der Waals surface area contributed by atoms with E-state index in [1.807, 2.05) is 36.5 Å².